The van der Waals surface area contributed by atoms with Crippen LogP contribution in [0.4, 0.5) is 5.69 Å². The molecule has 0 aliphatic carbocycles. The zero-order valence-corrected chi connectivity index (χ0v) is 15.8. The zero-order valence-electron chi connectivity index (χ0n) is 15.0. The maximum absolute atomic E-state index is 12.5. The third-order valence-electron chi connectivity index (χ3n) is 3.60. The Hall–Kier alpha value is -2.80. The molecular weight excluding hydrogens is 364 g/mol. The first kappa shape index (κ1) is 20.5. The molecule has 7 heteroatoms. The van der Waals surface area contributed by atoms with Crippen molar-refractivity contribution in [2.24, 2.45) is 0 Å². The van der Waals surface area contributed by atoms with E-state index in [1.807, 2.05) is 19.1 Å². The summed E-state index contributed by atoms with van der Waals surface area (Å²) >= 11 is 1.29. The van der Waals surface area contributed by atoms with E-state index in [1.54, 1.807) is 36.4 Å². The number of amides is 2. The van der Waals surface area contributed by atoms with Gasteiger partial charge in [-0.25, -0.2) is 0 Å². The van der Waals surface area contributed by atoms with E-state index < -0.39 is 5.97 Å². The average molecular weight is 386 g/mol. The maximum atomic E-state index is 12.5. The van der Waals surface area contributed by atoms with Gasteiger partial charge in [-0.2, -0.15) is 0 Å². The van der Waals surface area contributed by atoms with Gasteiger partial charge in [-0.1, -0.05) is 25.1 Å². The van der Waals surface area contributed by atoms with Crippen molar-refractivity contribution in [3.05, 3.63) is 65.2 Å². The molecule has 0 saturated heterocycles. The molecule has 142 valence electrons. The summed E-state index contributed by atoms with van der Waals surface area (Å²) in [5.41, 5.74) is 2.38. The zero-order chi connectivity index (χ0) is 19.6. The largest absolute Gasteiger partial charge is 0.481 e. The summed E-state index contributed by atoms with van der Waals surface area (Å²) in [6.45, 7) is 2.56. The molecule has 0 radical (unpaired) electrons. The van der Waals surface area contributed by atoms with Crippen LogP contribution < -0.4 is 10.6 Å². The summed E-state index contributed by atoms with van der Waals surface area (Å²) in [5, 5.41) is 14.3. The molecule has 0 heterocycles. The SMILES string of the molecule is CCCNC(=O)c1cccc(C(=O)Nc2cccc(CSCC(=O)O)c2)c1. The first-order valence-corrected chi connectivity index (χ1v) is 9.73. The number of hydrogen-bond acceptors (Lipinski definition) is 4. The number of hydrogen-bond donors (Lipinski definition) is 3. The van der Waals surface area contributed by atoms with E-state index in [4.69, 9.17) is 5.11 Å². The highest BCUT2D eigenvalue weighted by molar-refractivity contribution is 7.99. The molecule has 27 heavy (non-hydrogen) atoms. The van der Waals surface area contributed by atoms with Crippen LogP contribution >= 0.6 is 11.8 Å². The first-order valence-electron chi connectivity index (χ1n) is 8.57. The van der Waals surface area contributed by atoms with Crippen LogP contribution in [-0.4, -0.2) is 35.2 Å². The summed E-state index contributed by atoms with van der Waals surface area (Å²) in [4.78, 5) is 35.1. The van der Waals surface area contributed by atoms with Gasteiger partial charge in [0.2, 0.25) is 0 Å². The van der Waals surface area contributed by atoms with Crippen molar-refractivity contribution in [1.29, 1.82) is 0 Å². The monoisotopic (exact) mass is 386 g/mol. The number of anilines is 1. The lowest BCUT2D eigenvalue weighted by atomic mass is 10.1. The molecule has 0 aromatic heterocycles. The molecule has 0 unspecified atom stereocenters. The van der Waals surface area contributed by atoms with Crippen molar-refractivity contribution < 1.29 is 19.5 Å². The lowest BCUT2D eigenvalue weighted by molar-refractivity contribution is -0.133. The van der Waals surface area contributed by atoms with Crippen LogP contribution in [0.3, 0.4) is 0 Å². The fourth-order valence-corrected chi connectivity index (χ4v) is 3.03. The van der Waals surface area contributed by atoms with Crippen molar-refractivity contribution in [3.8, 4) is 0 Å². The van der Waals surface area contributed by atoms with Gasteiger partial charge in [0.05, 0.1) is 5.75 Å². The van der Waals surface area contributed by atoms with Crippen molar-refractivity contribution in [3.63, 3.8) is 0 Å². The highest BCUT2D eigenvalue weighted by Gasteiger charge is 2.11. The minimum Gasteiger partial charge on any atom is -0.481 e. The standard InChI is InChI=1S/C20H22N2O4S/c1-2-9-21-19(25)15-6-4-7-16(11-15)20(26)22-17-8-3-5-14(10-17)12-27-13-18(23)24/h3-8,10-11H,2,9,12-13H2,1H3,(H,21,25)(H,22,26)(H,23,24). The lowest BCUT2D eigenvalue weighted by Gasteiger charge is -2.09. The number of carboxylic acids is 1. The number of carboxylic acid groups (broad SMARTS) is 1. The number of aliphatic carboxylic acids is 1. The second-order valence-electron chi connectivity index (χ2n) is 5.88. The summed E-state index contributed by atoms with van der Waals surface area (Å²) in [6.07, 6.45) is 0.840. The molecule has 0 bridgehead atoms. The Labute approximate surface area is 162 Å². The first-order chi connectivity index (χ1) is 13.0. The Morgan fingerprint density at radius 2 is 1.70 bits per heavy atom. The van der Waals surface area contributed by atoms with E-state index in [-0.39, 0.29) is 17.6 Å². The van der Waals surface area contributed by atoms with Crippen LogP contribution in [0.5, 0.6) is 0 Å². The van der Waals surface area contributed by atoms with Crippen molar-refractivity contribution in [2.75, 3.05) is 17.6 Å². The number of benzene rings is 2. The number of nitrogens with one attached hydrogen (secondary N) is 2. The van der Waals surface area contributed by atoms with E-state index >= 15 is 0 Å². The fraction of sp³-hybridized carbons (Fsp3) is 0.250. The third kappa shape index (κ3) is 6.79. The Morgan fingerprint density at radius 1 is 1.00 bits per heavy atom. The van der Waals surface area contributed by atoms with Gasteiger partial charge in [0.15, 0.2) is 0 Å². The number of carbonyl (C=O) groups excluding carboxylic acids is 2. The number of rotatable bonds is 9. The van der Waals surface area contributed by atoms with E-state index in [0.717, 1.165) is 12.0 Å². The van der Waals surface area contributed by atoms with Crippen LogP contribution in [0.1, 0.15) is 39.6 Å². The highest BCUT2D eigenvalue weighted by Crippen LogP contribution is 2.17. The normalized spacial score (nSPS) is 10.3. The van der Waals surface area contributed by atoms with Crippen LogP contribution in [0.25, 0.3) is 0 Å². The van der Waals surface area contributed by atoms with Gasteiger partial charge in [0.25, 0.3) is 11.8 Å². The van der Waals surface area contributed by atoms with Crippen LogP contribution in [0, 0.1) is 0 Å². The Bertz CT molecular complexity index is 823. The molecule has 2 amide bonds. The number of carbonyl (C=O) groups is 3. The Balaban J connectivity index is 2.02. The molecule has 3 N–H and O–H groups in total. The van der Waals surface area contributed by atoms with E-state index in [1.165, 1.54) is 11.8 Å². The predicted molar refractivity (Wildman–Crippen MR) is 107 cm³/mol. The molecule has 2 aromatic carbocycles. The van der Waals surface area contributed by atoms with Crippen molar-refractivity contribution in [1.82, 2.24) is 5.32 Å². The minimum absolute atomic E-state index is 0.0312. The van der Waals surface area contributed by atoms with Gasteiger partial charge in [-0.05, 0) is 42.3 Å². The topological polar surface area (TPSA) is 95.5 Å². The summed E-state index contributed by atoms with van der Waals surface area (Å²) in [5.74, 6) is -0.793. The molecular formula is C20H22N2O4S. The van der Waals surface area contributed by atoms with Gasteiger partial charge < -0.3 is 15.7 Å². The maximum Gasteiger partial charge on any atom is 0.313 e. The molecule has 2 aromatic rings. The van der Waals surface area contributed by atoms with Gasteiger partial charge in [0, 0.05) is 29.1 Å². The molecule has 6 nitrogen and oxygen atoms in total. The van der Waals surface area contributed by atoms with E-state index in [0.29, 0.717) is 29.1 Å². The quantitative estimate of drug-likeness (QED) is 0.614. The smallest absolute Gasteiger partial charge is 0.313 e. The second kappa shape index (κ2) is 10.4. The third-order valence-corrected chi connectivity index (χ3v) is 4.59. The minimum atomic E-state index is -0.854. The fourth-order valence-electron chi connectivity index (χ4n) is 2.34. The van der Waals surface area contributed by atoms with Crippen LogP contribution in [0.15, 0.2) is 48.5 Å². The van der Waals surface area contributed by atoms with Crippen LogP contribution in [-0.2, 0) is 10.5 Å². The molecule has 0 atom stereocenters. The van der Waals surface area contributed by atoms with E-state index in [9.17, 15) is 14.4 Å². The van der Waals surface area contributed by atoms with Gasteiger partial charge in [0.1, 0.15) is 0 Å². The lowest BCUT2D eigenvalue weighted by Crippen LogP contribution is -2.24. The summed E-state index contributed by atoms with van der Waals surface area (Å²) in [7, 11) is 0. The summed E-state index contributed by atoms with van der Waals surface area (Å²) in [6, 6.07) is 13.8. The number of thioether (sulfide) groups is 1. The molecule has 2 rings (SSSR count). The van der Waals surface area contributed by atoms with Crippen molar-refractivity contribution >= 4 is 35.2 Å². The molecule has 0 fully saturated rings. The van der Waals surface area contributed by atoms with Crippen molar-refractivity contribution in [2.45, 2.75) is 19.1 Å². The van der Waals surface area contributed by atoms with Gasteiger partial charge in [-0.15, -0.1) is 11.8 Å². The highest BCUT2D eigenvalue weighted by atomic mass is 32.2. The molecule has 0 aliphatic rings. The Kier molecular flexibility index (Phi) is 7.88. The summed E-state index contributed by atoms with van der Waals surface area (Å²) < 4.78 is 0. The average Bonchev–Trinajstić information content (AvgIpc) is 2.66. The molecule has 0 saturated carbocycles. The van der Waals surface area contributed by atoms with E-state index in [2.05, 4.69) is 10.6 Å². The predicted octanol–water partition coefficient (Wildman–Crippen LogP) is 3.40. The second-order valence-corrected chi connectivity index (χ2v) is 6.86. The van der Waals surface area contributed by atoms with Gasteiger partial charge >= 0.3 is 5.97 Å². The Morgan fingerprint density at radius 3 is 2.41 bits per heavy atom. The molecule has 0 spiro atoms. The van der Waals surface area contributed by atoms with Gasteiger partial charge in [-0.3, -0.25) is 14.4 Å². The van der Waals surface area contributed by atoms with Crippen LogP contribution in [0.2, 0.25) is 0 Å². The molecule has 0 aliphatic heterocycles.